The van der Waals surface area contributed by atoms with Gasteiger partial charge in [0.15, 0.2) is 6.29 Å². The van der Waals surface area contributed by atoms with E-state index in [0.717, 1.165) is 5.56 Å². The quantitative estimate of drug-likeness (QED) is 0.726. The minimum Gasteiger partial charge on any atom is -0.376 e. The van der Waals surface area contributed by atoms with Gasteiger partial charge >= 0.3 is 0 Å². The third-order valence-corrected chi connectivity index (χ3v) is 2.97. The van der Waals surface area contributed by atoms with Crippen LogP contribution in [0, 0.1) is 5.41 Å². The lowest BCUT2D eigenvalue weighted by Crippen LogP contribution is -2.36. The van der Waals surface area contributed by atoms with Gasteiger partial charge < -0.3 is 14.9 Å². The average molecular weight is 224 g/mol. The van der Waals surface area contributed by atoms with Crippen LogP contribution in [0.25, 0.3) is 0 Å². The molecule has 1 atom stereocenters. The van der Waals surface area contributed by atoms with Crippen LogP contribution in [0.1, 0.15) is 25.8 Å². The van der Waals surface area contributed by atoms with Crippen LogP contribution in [0.15, 0.2) is 30.3 Å². The molecule has 0 saturated heterocycles. The summed E-state index contributed by atoms with van der Waals surface area (Å²) in [5.74, 6) is 0. The SMILES string of the molecule is CCC(C)(COCc1ccccc1)C(O)O. The number of aliphatic hydroxyl groups excluding tert-OH is 1. The molecule has 1 rings (SSSR count). The Hall–Kier alpha value is -0.900. The standard InChI is InChI=1S/C13H20O3/c1-3-13(2,12(14)15)10-16-9-11-7-5-4-6-8-11/h4-8,12,14-15H,3,9-10H2,1-2H3. The summed E-state index contributed by atoms with van der Waals surface area (Å²) in [7, 11) is 0. The molecule has 0 radical (unpaired) electrons. The molecule has 0 fully saturated rings. The number of hydrogen-bond acceptors (Lipinski definition) is 3. The zero-order valence-corrected chi connectivity index (χ0v) is 9.89. The van der Waals surface area contributed by atoms with Gasteiger partial charge in [-0.1, -0.05) is 44.2 Å². The zero-order valence-electron chi connectivity index (χ0n) is 9.89. The summed E-state index contributed by atoms with van der Waals surface area (Å²) in [4.78, 5) is 0. The predicted octanol–water partition coefficient (Wildman–Crippen LogP) is 1.93. The van der Waals surface area contributed by atoms with Gasteiger partial charge in [0.1, 0.15) is 0 Å². The van der Waals surface area contributed by atoms with Crippen LogP contribution in [0.5, 0.6) is 0 Å². The number of aliphatic hydroxyl groups is 2. The molecule has 16 heavy (non-hydrogen) atoms. The second-order valence-electron chi connectivity index (χ2n) is 4.36. The molecule has 3 nitrogen and oxygen atoms in total. The van der Waals surface area contributed by atoms with Gasteiger partial charge in [0.2, 0.25) is 0 Å². The predicted molar refractivity (Wildman–Crippen MR) is 62.7 cm³/mol. The molecular formula is C13H20O3. The third kappa shape index (κ3) is 3.59. The van der Waals surface area contributed by atoms with Crippen molar-refractivity contribution in [2.24, 2.45) is 5.41 Å². The fourth-order valence-electron chi connectivity index (χ4n) is 1.34. The first-order valence-electron chi connectivity index (χ1n) is 5.56. The number of hydrogen-bond donors (Lipinski definition) is 2. The van der Waals surface area contributed by atoms with Gasteiger partial charge in [-0.05, 0) is 12.0 Å². The molecule has 0 aliphatic rings. The molecule has 0 saturated carbocycles. The smallest absolute Gasteiger partial charge is 0.159 e. The molecule has 0 aliphatic heterocycles. The molecule has 0 aliphatic carbocycles. The first-order chi connectivity index (χ1) is 7.58. The van der Waals surface area contributed by atoms with Crippen molar-refractivity contribution >= 4 is 0 Å². The summed E-state index contributed by atoms with van der Waals surface area (Å²) >= 11 is 0. The molecule has 0 aromatic heterocycles. The summed E-state index contributed by atoms with van der Waals surface area (Å²) in [6.45, 7) is 4.58. The van der Waals surface area contributed by atoms with Crippen molar-refractivity contribution in [1.82, 2.24) is 0 Å². The zero-order chi connectivity index (χ0) is 12.0. The lowest BCUT2D eigenvalue weighted by atomic mass is 9.88. The monoisotopic (exact) mass is 224 g/mol. The number of ether oxygens (including phenoxy) is 1. The highest BCUT2D eigenvalue weighted by Gasteiger charge is 2.30. The highest BCUT2D eigenvalue weighted by atomic mass is 16.5. The van der Waals surface area contributed by atoms with Crippen LogP contribution in [0.2, 0.25) is 0 Å². The van der Waals surface area contributed by atoms with E-state index in [1.54, 1.807) is 0 Å². The maximum Gasteiger partial charge on any atom is 0.159 e. The van der Waals surface area contributed by atoms with E-state index in [0.29, 0.717) is 19.6 Å². The topological polar surface area (TPSA) is 49.7 Å². The number of rotatable bonds is 6. The van der Waals surface area contributed by atoms with Crippen LogP contribution >= 0.6 is 0 Å². The fraction of sp³-hybridized carbons (Fsp3) is 0.538. The summed E-state index contributed by atoms with van der Waals surface area (Å²) in [5, 5.41) is 18.5. The molecule has 3 heteroatoms. The van der Waals surface area contributed by atoms with Gasteiger partial charge in [-0.25, -0.2) is 0 Å². The van der Waals surface area contributed by atoms with Crippen molar-refractivity contribution in [2.75, 3.05) is 6.61 Å². The lowest BCUT2D eigenvalue weighted by molar-refractivity contribution is -0.155. The molecule has 1 aromatic rings. The Kier molecular flexibility index (Phi) is 4.93. The van der Waals surface area contributed by atoms with Crippen LogP contribution in [-0.4, -0.2) is 23.1 Å². The average Bonchev–Trinajstić information content (AvgIpc) is 2.30. The molecule has 0 amide bonds. The summed E-state index contributed by atoms with van der Waals surface area (Å²) in [5.41, 5.74) is 0.503. The fourth-order valence-corrected chi connectivity index (χ4v) is 1.34. The van der Waals surface area contributed by atoms with Gasteiger partial charge in [-0.2, -0.15) is 0 Å². The first kappa shape index (κ1) is 13.2. The Morgan fingerprint density at radius 1 is 1.25 bits per heavy atom. The van der Waals surface area contributed by atoms with Crippen molar-refractivity contribution in [3.05, 3.63) is 35.9 Å². The van der Waals surface area contributed by atoms with Crippen LogP contribution in [-0.2, 0) is 11.3 Å². The molecule has 1 aromatic carbocycles. The Labute approximate surface area is 96.7 Å². The highest BCUT2D eigenvalue weighted by molar-refractivity contribution is 5.13. The second-order valence-corrected chi connectivity index (χ2v) is 4.36. The van der Waals surface area contributed by atoms with Gasteiger partial charge in [0, 0.05) is 5.41 Å². The van der Waals surface area contributed by atoms with E-state index >= 15 is 0 Å². The van der Waals surface area contributed by atoms with Gasteiger partial charge in [-0.15, -0.1) is 0 Å². The minimum atomic E-state index is -1.34. The Morgan fingerprint density at radius 3 is 2.38 bits per heavy atom. The van der Waals surface area contributed by atoms with Crippen molar-refractivity contribution in [3.63, 3.8) is 0 Å². The molecular weight excluding hydrogens is 204 g/mol. The van der Waals surface area contributed by atoms with E-state index in [4.69, 9.17) is 4.74 Å². The van der Waals surface area contributed by atoms with Gasteiger partial charge in [0.25, 0.3) is 0 Å². The lowest BCUT2D eigenvalue weighted by Gasteiger charge is -2.29. The van der Waals surface area contributed by atoms with E-state index in [2.05, 4.69) is 0 Å². The first-order valence-corrected chi connectivity index (χ1v) is 5.56. The van der Waals surface area contributed by atoms with E-state index in [1.165, 1.54) is 0 Å². The van der Waals surface area contributed by atoms with Crippen LogP contribution < -0.4 is 0 Å². The molecule has 0 spiro atoms. The summed E-state index contributed by atoms with van der Waals surface area (Å²) in [6.07, 6.45) is -0.673. The third-order valence-electron chi connectivity index (χ3n) is 2.97. The van der Waals surface area contributed by atoms with E-state index in [-0.39, 0.29) is 0 Å². The molecule has 2 N–H and O–H groups in total. The molecule has 0 heterocycles. The van der Waals surface area contributed by atoms with Crippen LogP contribution in [0.4, 0.5) is 0 Å². The van der Waals surface area contributed by atoms with Crippen molar-refractivity contribution in [2.45, 2.75) is 33.2 Å². The maximum atomic E-state index is 9.24. The van der Waals surface area contributed by atoms with E-state index < -0.39 is 11.7 Å². The molecule has 0 bridgehead atoms. The normalized spacial score (nSPS) is 15.1. The van der Waals surface area contributed by atoms with E-state index in [1.807, 2.05) is 44.2 Å². The Bertz CT molecular complexity index is 297. The van der Waals surface area contributed by atoms with Crippen molar-refractivity contribution in [1.29, 1.82) is 0 Å². The second kappa shape index (κ2) is 5.99. The largest absolute Gasteiger partial charge is 0.376 e. The summed E-state index contributed by atoms with van der Waals surface area (Å²) in [6, 6.07) is 9.84. The van der Waals surface area contributed by atoms with E-state index in [9.17, 15) is 10.2 Å². The van der Waals surface area contributed by atoms with Crippen molar-refractivity contribution in [3.8, 4) is 0 Å². The van der Waals surface area contributed by atoms with Crippen LogP contribution in [0.3, 0.4) is 0 Å². The number of benzene rings is 1. The molecule has 1 unspecified atom stereocenters. The molecule has 90 valence electrons. The van der Waals surface area contributed by atoms with Gasteiger partial charge in [0.05, 0.1) is 13.2 Å². The van der Waals surface area contributed by atoms with Crippen molar-refractivity contribution < 1.29 is 14.9 Å². The minimum absolute atomic E-state index is 0.343. The Balaban J connectivity index is 2.40. The van der Waals surface area contributed by atoms with Gasteiger partial charge in [-0.3, -0.25) is 0 Å². The Morgan fingerprint density at radius 2 is 1.88 bits per heavy atom. The highest BCUT2D eigenvalue weighted by Crippen LogP contribution is 2.25. The maximum absolute atomic E-state index is 9.24. The summed E-state index contributed by atoms with van der Waals surface area (Å²) < 4.78 is 5.52.